The van der Waals surface area contributed by atoms with Gasteiger partial charge in [0.25, 0.3) is 0 Å². The van der Waals surface area contributed by atoms with Crippen LogP contribution in [0, 0.1) is 5.92 Å². The van der Waals surface area contributed by atoms with E-state index in [0.717, 1.165) is 19.3 Å². The molecule has 0 rings (SSSR count). The van der Waals surface area contributed by atoms with Crippen molar-refractivity contribution < 1.29 is 0 Å². The van der Waals surface area contributed by atoms with E-state index in [2.05, 4.69) is 54.7 Å². The Morgan fingerprint density at radius 1 is 0.571 bits per heavy atom. The van der Waals surface area contributed by atoms with Crippen molar-refractivity contribution in [1.29, 1.82) is 0 Å². The molecule has 6 heteroatoms. The van der Waals surface area contributed by atoms with Crippen LogP contribution in [0.4, 0.5) is 0 Å². The van der Waals surface area contributed by atoms with Crippen LogP contribution in [-0.2, 0) is 0 Å². The fourth-order valence-corrected chi connectivity index (χ4v) is 5.09. The molecule has 1 unspecified atom stereocenters. The Balaban J connectivity index is 3.61. The standard InChI is InChI=1S/C22H40Br3Cl3/c1-2-3-4-5-11-14-17-20(22(26,27)28)18-15-12-9-7-6-8-10-13-16-19-21(23,24)25/h20H,2-19H2,1H3. The van der Waals surface area contributed by atoms with Crippen LogP contribution in [0.25, 0.3) is 0 Å². The van der Waals surface area contributed by atoms with Crippen LogP contribution in [0.1, 0.15) is 122 Å². The Morgan fingerprint density at radius 3 is 1.29 bits per heavy atom. The van der Waals surface area contributed by atoms with Gasteiger partial charge in [0.2, 0.25) is 0 Å². The van der Waals surface area contributed by atoms with E-state index in [4.69, 9.17) is 34.8 Å². The summed E-state index contributed by atoms with van der Waals surface area (Å²) in [5.41, 5.74) is 0. The molecular formula is C22H40Br3Cl3. The molecule has 28 heavy (non-hydrogen) atoms. The molecule has 0 aliphatic rings. The second kappa shape index (κ2) is 18.8. The van der Waals surface area contributed by atoms with Crippen LogP contribution in [-0.4, -0.2) is 5.94 Å². The lowest BCUT2D eigenvalue weighted by Gasteiger charge is -2.24. The number of unbranched alkanes of at least 4 members (excludes halogenated alkanes) is 13. The maximum Gasteiger partial charge on any atom is 0.193 e. The minimum Gasteiger partial charge on any atom is -0.0834 e. The van der Waals surface area contributed by atoms with Gasteiger partial charge in [-0.05, 0) is 19.3 Å². The van der Waals surface area contributed by atoms with Crippen molar-refractivity contribution in [2.75, 3.05) is 0 Å². The van der Waals surface area contributed by atoms with Crippen molar-refractivity contribution in [1.82, 2.24) is 0 Å². The SMILES string of the molecule is CCCCCCCCC(CCCCCCCCCCCC(Br)(Br)Br)C(Cl)(Cl)Cl. The van der Waals surface area contributed by atoms with E-state index in [-0.39, 0.29) is 8.06 Å². The van der Waals surface area contributed by atoms with Gasteiger partial charge in [-0.2, -0.15) is 0 Å². The molecule has 170 valence electrons. The number of halogens is 6. The van der Waals surface area contributed by atoms with Gasteiger partial charge in [0.1, 0.15) is 2.14 Å². The summed E-state index contributed by atoms with van der Waals surface area (Å²) in [7, 11) is 0. The summed E-state index contributed by atoms with van der Waals surface area (Å²) in [5, 5.41) is 0. The Labute approximate surface area is 215 Å². The predicted octanol–water partition coefficient (Wildman–Crippen LogP) is 11.9. The van der Waals surface area contributed by atoms with Gasteiger partial charge in [-0.3, -0.25) is 0 Å². The minimum atomic E-state index is -1.10. The molecule has 0 heterocycles. The summed E-state index contributed by atoms with van der Waals surface area (Å²) in [5.74, 6) is 0.217. The second-order valence-electron chi connectivity index (χ2n) is 8.13. The van der Waals surface area contributed by atoms with Gasteiger partial charge in [0.05, 0.1) is 0 Å². The number of alkyl halides is 6. The number of hydrogen-bond donors (Lipinski definition) is 0. The highest BCUT2D eigenvalue weighted by atomic mass is 80.0. The van der Waals surface area contributed by atoms with Gasteiger partial charge in [-0.1, -0.05) is 186 Å². The normalized spacial score (nSPS) is 13.8. The third-order valence-corrected chi connectivity index (χ3v) is 7.50. The second-order valence-corrected chi connectivity index (χ2v) is 17.8. The minimum absolute atomic E-state index is 0.0629. The Kier molecular flexibility index (Phi) is 20.4. The van der Waals surface area contributed by atoms with Crippen LogP contribution < -0.4 is 0 Å². The van der Waals surface area contributed by atoms with E-state index in [1.165, 1.54) is 96.3 Å². The highest BCUT2D eigenvalue weighted by Gasteiger charge is 2.31. The molecule has 0 aromatic heterocycles. The first-order chi connectivity index (χ1) is 13.2. The molecule has 0 spiro atoms. The topological polar surface area (TPSA) is 0 Å². The molecule has 0 amide bonds. The maximum absolute atomic E-state index is 6.23. The average molecular weight is 651 g/mol. The van der Waals surface area contributed by atoms with E-state index in [1.807, 2.05) is 0 Å². The smallest absolute Gasteiger partial charge is 0.0834 e. The molecule has 1 atom stereocenters. The summed E-state index contributed by atoms with van der Waals surface area (Å²) >= 11 is 29.4. The van der Waals surface area contributed by atoms with Crippen LogP contribution in [0.15, 0.2) is 0 Å². The lowest BCUT2D eigenvalue weighted by molar-refractivity contribution is 0.407. The quantitative estimate of drug-likeness (QED) is 0.102. The fraction of sp³-hybridized carbons (Fsp3) is 1.00. The highest BCUT2D eigenvalue weighted by Crippen LogP contribution is 2.41. The van der Waals surface area contributed by atoms with Crippen LogP contribution in [0.5, 0.6) is 0 Å². The molecule has 0 saturated carbocycles. The zero-order chi connectivity index (χ0) is 21.3. The summed E-state index contributed by atoms with van der Waals surface area (Å²) in [6.07, 6.45) is 22.7. The fourth-order valence-electron chi connectivity index (χ4n) is 3.60. The number of hydrogen-bond acceptors (Lipinski definition) is 0. The third kappa shape index (κ3) is 21.5. The van der Waals surface area contributed by atoms with E-state index in [0.29, 0.717) is 0 Å². The lowest BCUT2D eigenvalue weighted by Crippen LogP contribution is -2.19. The van der Waals surface area contributed by atoms with Crippen LogP contribution in [0.3, 0.4) is 0 Å². The van der Waals surface area contributed by atoms with Crippen molar-refractivity contribution in [2.24, 2.45) is 5.92 Å². The van der Waals surface area contributed by atoms with Gasteiger partial charge >= 0.3 is 0 Å². The van der Waals surface area contributed by atoms with Crippen molar-refractivity contribution in [3.05, 3.63) is 0 Å². The maximum atomic E-state index is 6.23. The van der Waals surface area contributed by atoms with Gasteiger partial charge < -0.3 is 0 Å². The molecule has 0 saturated heterocycles. The Bertz CT molecular complexity index is 341. The lowest BCUT2D eigenvalue weighted by atomic mass is 9.95. The molecule has 0 bridgehead atoms. The Morgan fingerprint density at radius 2 is 0.929 bits per heavy atom. The molecule has 0 aromatic carbocycles. The molecule has 0 N–H and O–H groups in total. The third-order valence-electron chi connectivity index (χ3n) is 5.38. The van der Waals surface area contributed by atoms with Crippen molar-refractivity contribution in [3.8, 4) is 0 Å². The summed E-state index contributed by atoms with van der Waals surface area (Å²) in [6, 6.07) is 0. The molecule has 0 aromatic rings. The molecule has 0 aliphatic carbocycles. The summed E-state index contributed by atoms with van der Waals surface area (Å²) in [4.78, 5) is 0. The molecule has 0 radical (unpaired) electrons. The van der Waals surface area contributed by atoms with Crippen LogP contribution >= 0.6 is 82.6 Å². The average Bonchev–Trinajstić information content (AvgIpc) is 2.58. The van der Waals surface area contributed by atoms with E-state index in [1.54, 1.807) is 0 Å². The Hall–Kier alpha value is 2.31. The summed E-state index contributed by atoms with van der Waals surface area (Å²) < 4.78 is -1.16. The molecular weight excluding hydrogens is 610 g/mol. The first-order valence-corrected chi connectivity index (χ1v) is 14.8. The van der Waals surface area contributed by atoms with E-state index in [9.17, 15) is 0 Å². The van der Waals surface area contributed by atoms with Gasteiger partial charge in [-0.25, -0.2) is 0 Å². The molecule has 0 aliphatic heterocycles. The van der Waals surface area contributed by atoms with Gasteiger partial charge in [-0.15, -0.1) is 0 Å². The van der Waals surface area contributed by atoms with Crippen LogP contribution in [0.2, 0.25) is 0 Å². The largest absolute Gasteiger partial charge is 0.193 e. The zero-order valence-electron chi connectivity index (χ0n) is 17.6. The van der Waals surface area contributed by atoms with E-state index < -0.39 is 3.79 Å². The zero-order valence-corrected chi connectivity index (χ0v) is 24.6. The predicted molar refractivity (Wildman–Crippen MR) is 142 cm³/mol. The first-order valence-electron chi connectivity index (χ1n) is 11.3. The molecule has 0 nitrogen and oxygen atoms in total. The summed E-state index contributed by atoms with van der Waals surface area (Å²) in [6.45, 7) is 2.25. The van der Waals surface area contributed by atoms with Gasteiger partial charge in [0.15, 0.2) is 3.79 Å². The van der Waals surface area contributed by atoms with Gasteiger partial charge in [0, 0.05) is 5.92 Å². The van der Waals surface area contributed by atoms with Crippen molar-refractivity contribution in [3.63, 3.8) is 0 Å². The monoisotopic (exact) mass is 646 g/mol. The van der Waals surface area contributed by atoms with Crippen molar-refractivity contribution in [2.45, 2.75) is 128 Å². The van der Waals surface area contributed by atoms with Crippen molar-refractivity contribution >= 4 is 82.6 Å². The highest BCUT2D eigenvalue weighted by molar-refractivity contribution is 9.39. The first kappa shape index (κ1) is 30.3. The molecule has 0 fully saturated rings. The van der Waals surface area contributed by atoms with E-state index >= 15 is 0 Å². The number of rotatable bonds is 18.